The Kier molecular flexibility index (Phi) is 5.61. The number of benzene rings is 2. The number of methoxy groups -OCH3 is 1. The van der Waals surface area contributed by atoms with Gasteiger partial charge < -0.3 is 9.47 Å². The molecule has 2 aromatic carbocycles. The Labute approximate surface area is 156 Å². The summed E-state index contributed by atoms with van der Waals surface area (Å²) in [5.74, 6) is 1.27. The molecule has 0 amide bonds. The highest BCUT2D eigenvalue weighted by atomic mass is 16.5. The van der Waals surface area contributed by atoms with Crippen molar-refractivity contribution in [1.29, 1.82) is 0 Å². The van der Waals surface area contributed by atoms with Crippen LogP contribution in [-0.2, 0) is 16.1 Å². The molecule has 0 atom stereocenters. The van der Waals surface area contributed by atoms with Crippen molar-refractivity contribution in [3.8, 4) is 28.5 Å². The highest BCUT2D eigenvalue weighted by Crippen LogP contribution is 2.24. The summed E-state index contributed by atoms with van der Waals surface area (Å²) >= 11 is 0. The molecule has 0 aliphatic carbocycles. The van der Waals surface area contributed by atoms with Crippen LogP contribution in [0.3, 0.4) is 0 Å². The third-order valence-electron chi connectivity index (χ3n) is 3.89. The van der Waals surface area contributed by atoms with Crippen LogP contribution in [0, 0.1) is 0 Å². The van der Waals surface area contributed by atoms with Gasteiger partial charge in [-0.15, -0.1) is 5.10 Å². The third kappa shape index (κ3) is 4.20. The van der Waals surface area contributed by atoms with E-state index < -0.39 is 5.97 Å². The molecule has 138 valence electrons. The SMILES string of the molecule is CCOC(=O)Cn1nc(-c2ccc(OC)cc2)nc1-c1cccc(C=O)c1. The Bertz CT molecular complexity index is 948. The highest BCUT2D eigenvalue weighted by molar-refractivity contribution is 5.78. The summed E-state index contributed by atoms with van der Waals surface area (Å²) in [6.45, 7) is 1.96. The minimum atomic E-state index is -0.406. The number of hydrogen-bond acceptors (Lipinski definition) is 6. The zero-order valence-corrected chi connectivity index (χ0v) is 15.1. The summed E-state index contributed by atoms with van der Waals surface area (Å²) in [5, 5.41) is 4.47. The van der Waals surface area contributed by atoms with E-state index in [-0.39, 0.29) is 13.2 Å². The first-order chi connectivity index (χ1) is 13.1. The number of esters is 1. The van der Waals surface area contributed by atoms with Gasteiger partial charge in [0.25, 0.3) is 0 Å². The standard InChI is InChI=1S/C20H19N3O4/c1-3-27-18(25)12-23-20(16-6-4-5-14(11-16)13-24)21-19(22-23)15-7-9-17(26-2)10-8-15/h4-11,13H,3,12H2,1-2H3. The van der Waals surface area contributed by atoms with Crippen LogP contribution < -0.4 is 4.74 Å². The molecule has 7 heteroatoms. The molecule has 0 bridgehead atoms. The lowest BCUT2D eigenvalue weighted by Gasteiger charge is -2.06. The van der Waals surface area contributed by atoms with Gasteiger partial charge in [0.2, 0.25) is 0 Å². The number of carbonyl (C=O) groups excluding carboxylic acids is 2. The first-order valence-corrected chi connectivity index (χ1v) is 8.45. The molecule has 1 heterocycles. The Morgan fingerprint density at radius 1 is 1.15 bits per heavy atom. The molecule has 0 saturated heterocycles. The lowest BCUT2D eigenvalue weighted by Crippen LogP contribution is -2.15. The minimum Gasteiger partial charge on any atom is -0.497 e. The summed E-state index contributed by atoms with van der Waals surface area (Å²) in [5.41, 5.74) is 1.99. The number of aldehydes is 1. The maximum Gasteiger partial charge on any atom is 0.327 e. The fourth-order valence-corrected chi connectivity index (χ4v) is 2.61. The Hall–Kier alpha value is -3.48. The molecule has 0 radical (unpaired) electrons. The molecule has 0 fully saturated rings. The second-order valence-electron chi connectivity index (χ2n) is 5.69. The maximum atomic E-state index is 12.0. The van der Waals surface area contributed by atoms with Crippen molar-refractivity contribution in [2.45, 2.75) is 13.5 Å². The van der Waals surface area contributed by atoms with Gasteiger partial charge in [-0.3, -0.25) is 9.59 Å². The summed E-state index contributed by atoms with van der Waals surface area (Å²) in [6.07, 6.45) is 0.764. The maximum absolute atomic E-state index is 12.0. The smallest absolute Gasteiger partial charge is 0.327 e. The molecule has 0 spiro atoms. The largest absolute Gasteiger partial charge is 0.497 e. The van der Waals surface area contributed by atoms with E-state index >= 15 is 0 Å². The number of hydrogen-bond donors (Lipinski definition) is 0. The summed E-state index contributed by atoms with van der Waals surface area (Å²) in [4.78, 5) is 27.6. The molecule has 3 aromatic rings. The van der Waals surface area contributed by atoms with Crippen molar-refractivity contribution in [1.82, 2.24) is 14.8 Å². The fourth-order valence-electron chi connectivity index (χ4n) is 2.61. The van der Waals surface area contributed by atoms with Gasteiger partial charge in [0.1, 0.15) is 18.6 Å². The molecule has 0 unspecified atom stereocenters. The number of aromatic nitrogens is 3. The van der Waals surface area contributed by atoms with E-state index in [1.54, 1.807) is 32.2 Å². The molecule has 1 aromatic heterocycles. The Balaban J connectivity index is 2.04. The monoisotopic (exact) mass is 365 g/mol. The van der Waals surface area contributed by atoms with Crippen LogP contribution in [0.15, 0.2) is 48.5 Å². The van der Waals surface area contributed by atoms with Gasteiger partial charge in [0, 0.05) is 16.7 Å². The predicted molar refractivity (Wildman–Crippen MR) is 99.5 cm³/mol. The number of carbonyl (C=O) groups is 2. The van der Waals surface area contributed by atoms with Crippen LogP contribution in [0.5, 0.6) is 5.75 Å². The molecule has 3 rings (SSSR count). The summed E-state index contributed by atoms with van der Waals surface area (Å²) in [7, 11) is 1.60. The highest BCUT2D eigenvalue weighted by Gasteiger charge is 2.17. The molecule has 0 saturated carbocycles. The second kappa shape index (κ2) is 8.27. The molecular weight excluding hydrogens is 346 g/mol. The van der Waals surface area contributed by atoms with Gasteiger partial charge >= 0.3 is 5.97 Å². The van der Waals surface area contributed by atoms with Gasteiger partial charge in [-0.05, 0) is 37.3 Å². The topological polar surface area (TPSA) is 83.3 Å². The van der Waals surface area contributed by atoms with Crippen molar-refractivity contribution in [2.75, 3.05) is 13.7 Å². The van der Waals surface area contributed by atoms with Crippen molar-refractivity contribution in [3.63, 3.8) is 0 Å². The number of ether oxygens (including phenoxy) is 2. The van der Waals surface area contributed by atoms with Crippen molar-refractivity contribution in [2.24, 2.45) is 0 Å². The third-order valence-corrected chi connectivity index (χ3v) is 3.89. The van der Waals surface area contributed by atoms with E-state index in [1.165, 1.54) is 4.68 Å². The van der Waals surface area contributed by atoms with Crippen LogP contribution in [-0.4, -0.2) is 40.7 Å². The first kappa shape index (κ1) is 18.3. The van der Waals surface area contributed by atoms with Crippen molar-refractivity contribution >= 4 is 12.3 Å². The lowest BCUT2D eigenvalue weighted by atomic mass is 10.1. The summed E-state index contributed by atoms with van der Waals surface area (Å²) < 4.78 is 11.7. The van der Waals surface area contributed by atoms with Gasteiger partial charge in [-0.1, -0.05) is 18.2 Å². The average Bonchev–Trinajstić information content (AvgIpc) is 3.12. The summed E-state index contributed by atoms with van der Waals surface area (Å²) in [6, 6.07) is 14.3. The predicted octanol–water partition coefficient (Wildman–Crippen LogP) is 3.00. The molecular formula is C20H19N3O4. The zero-order chi connectivity index (χ0) is 19.2. The second-order valence-corrected chi connectivity index (χ2v) is 5.69. The van der Waals surface area contributed by atoms with E-state index in [1.807, 2.05) is 30.3 Å². The van der Waals surface area contributed by atoms with Gasteiger partial charge in [-0.25, -0.2) is 9.67 Å². The van der Waals surface area contributed by atoms with E-state index in [4.69, 9.17) is 9.47 Å². The lowest BCUT2D eigenvalue weighted by molar-refractivity contribution is -0.144. The fraction of sp³-hybridized carbons (Fsp3) is 0.200. The van der Waals surface area contributed by atoms with E-state index in [0.29, 0.717) is 22.8 Å². The number of nitrogens with zero attached hydrogens (tertiary/aromatic N) is 3. The van der Waals surface area contributed by atoms with Crippen LogP contribution in [0.1, 0.15) is 17.3 Å². The normalized spacial score (nSPS) is 10.4. The molecule has 7 nitrogen and oxygen atoms in total. The van der Waals surface area contributed by atoms with Crippen molar-refractivity contribution < 1.29 is 19.1 Å². The van der Waals surface area contributed by atoms with Crippen LogP contribution in [0.2, 0.25) is 0 Å². The average molecular weight is 365 g/mol. The molecule has 27 heavy (non-hydrogen) atoms. The first-order valence-electron chi connectivity index (χ1n) is 8.45. The van der Waals surface area contributed by atoms with Gasteiger partial charge in [0.05, 0.1) is 13.7 Å². The Morgan fingerprint density at radius 2 is 1.93 bits per heavy atom. The van der Waals surface area contributed by atoms with Crippen molar-refractivity contribution in [3.05, 3.63) is 54.1 Å². The van der Waals surface area contributed by atoms with Crippen LogP contribution in [0.25, 0.3) is 22.8 Å². The molecule has 0 N–H and O–H groups in total. The van der Waals surface area contributed by atoms with Crippen LogP contribution >= 0.6 is 0 Å². The van der Waals surface area contributed by atoms with Gasteiger partial charge in [-0.2, -0.15) is 0 Å². The minimum absolute atomic E-state index is 0.0718. The molecule has 0 aliphatic heterocycles. The van der Waals surface area contributed by atoms with Crippen LogP contribution in [0.4, 0.5) is 0 Å². The van der Waals surface area contributed by atoms with Gasteiger partial charge in [0.15, 0.2) is 11.6 Å². The van der Waals surface area contributed by atoms with E-state index in [9.17, 15) is 9.59 Å². The molecule has 0 aliphatic rings. The quantitative estimate of drug-likeness (QED) is 0.473. The number of rotatable bonds is 7. The Morgan fingerprint density at radius 3 is 2.59 bits per heavy atom. The van der Waals surface area contributed by atoms with E-state index in [2.05, 4.69) is 10.1 Å². The van der Waals surface area contributed by atoms with E-state index in [0.717, 1.165) is 17.6 Å². The zero-order valence-electron chi connectivity index (χ0n) is 15.1.